The Bertz CT molecular complexity index is 1120. The maximum absolute atomic E-state index is 13.5. The molecule has 0 aromatic heterocycles. The SMILES string of the molecule is CCc1ccc([C@H]2[C@H]3C(=O)N(c4ccc(Cl)cc4)C(=O)[C@@H]3ON2c2ccccc2)cc1. The highest BCUT2D eigenvalue weighted by atomic mass is 35.5. The van der Waals surface area contributed by atoms with E-state index in [0.29, 0.717) is 10.7 Å². The zero-order chi connectivity index (χ0) is 21.5. The summed E-state index contributed by atoms with van der Waals surface area (Å²) in [6, 6.07) is 24.0. The van der Waals surface area contributed by atoms with Gasteiger partial charge in [0.05, 0.1) is 17.4 Å². The van der Waals surface area contributed by atoms with E-state index in [9.17, 15) is 9.59 Å². The van der Waals surface area contributed by atoms with E-state index in [0.717, 1.165) is 17.7 Å². The molecule has 2 saturated heterocycles. The third-order valence-electron chi connectivity index (χ3n) is 5.94. The number of fused-ring (bicyclic) bond motifs is 1. The average molecular weight is 433 g/mol. The van der Waals surface area contributed by atoms with E-state index < -0.39 is 18.1 Å². The fourth-order valence-corrected chi connectivity index (χ4v) is 4.47. The summed E-state index contributed by atoms with van der Waals surface area (Å²) < 4.78 is 0. The van der Waals surface area contributed by atoms with Gasteiger partial charge in [0.2, 0.25) is 5.91 Å². The predicted molar refractivity (Wildman–Crippen MR) is 120 cm³/mol. The molecule has 0 N–H and O–H groups in total. The molecule has 2 amide bonds. The third-order valence-corrected chi connectivity index (χ3v) is 6.19. The van der Waals surface area contributed by atoms with Gasteiger partial charge in [-0.05, 0) is 53.9 Å². The lowest BCUT2D eigenvalue weighted by molar-refractivity contribution is -0.126. The minimum Gasteiger partial charge on any atom is -0.273 e. The van der Waals surface area contributed by atoms with Crippen LogP contribution in [-0.4, -0.2) is 17.9 Å². The third kappa shape index (κ3) is 3.30. The van der Waals surface area contributed by atoms with E-state index in [1.165, 1.54) is 10.5 Å². The molecular formula is C25H21ClN2O3. The smallest absolute Gasteiger partial charge is 0.266 e. The lowest BCUT2D eigenvalue weighted by Gasteiger charge is -2.28. The molecule has 6 heteroatoms. The maximum atomic E-state index is 13.5. The first kappa shape index (κ1) is 19.8. The number of rotatable bonds is 4. The van der Waals surface area contributed by atoms with Gasteiger partial charge in [-0.15, -0.1) is 0 Å². The molecule has 0 saturated carbocycles. The quantitative estimate of drug-likeness (QED) is 0.547. The van der Waals surface area contributed by atoms with Crippen LogP contribution >= 0.6 is 11.6 Å². The molecule has 156 valence electrons. The summed E-state index contributed by atoms with van der Waals surface area (Å²) >= 11 is 5.98. The molecule has 0 unspecified atom stereocenters. The van der Waals surface area contributed by atoms with Gasteiger partial charge in [-0.25, -0.2) is 9.96 Å². The second-order valence-corrected chi connectivity index (χ2v) is 8.18. The number of hydrogen-bond acceptors (Lipinski definition) is 4. The van der Waals surface area contributed by atoms with Gasteiger partial charge in [-0.3, -0.25) is 14.4 Å². The second-order valence-electron chi connectivity index (χ2n) is 7.74. The predicted octanol–water partition coefficient (Wildman–Crippen LogP) is 4.95. The molecule has 2 aliphatic heterocycles. The van der Waals surface area contributed by atoms with Crippen molar-refractivity contribution in [3.05, 3.63) is 95.0 Å². The number of anilines is 2. The molecule has 0 spiro atoms. The average Bonchev–Trinajstić information content (AvgIpc) is 3.31. The highest BCUT2D eigenvalue weighted by molar-refractivity contribution is 6.31. The van der Waals surface area contributed by atoms with Crippen molar-refractivity contribution in [2.75, 3.05) is 9.96 Å². The van der Waals surface area contributed by atoms with E-state index in [1.807, 2.05) is 42.5 Å². The lowest BCUT2D eigenvalue weighted by atomic mass is 9.90. The first-order valence-corrected chi connectivity index (χ1v) is 10.7. The molecule has 3 aromatic carbocycles. The van der Waals surface area contributed by atoms with Gasteiger partial charge in [0.15, 0.2) is 6.10 Å². The van der Waals surface area contributed by atoms with Crippen LogP contribution in [0.3, 0.4) is 0 Å². The monoisotopic (exact) mass is 432 g/mol. The summed E-state index contributed by atoms with van der Waals surface area (Å²) in [4.78, 5) is 34.2. The van der Waals surface area contributed by atoms with Crippen LogP contribution in [-0.2, 0) is 20.8 Å². The fourth-order valence-electron chi connectivity index (χ4n) is 4.35. The van der Waals surface area contributed by atoms with Crippen LogP contribution in [0.5, 0.6) is 0 Å². The van der Waals surface area contributed by atoms with Crippen molar-refractivity contribution in [3.63, 3.8) is 0 Å². The minimum absolute atomic E-state index is 0.264. The van der Waals surface area contributed by atoms with Crippen molar-refractivity contribution in [1.29, 1.82) is 0 Å². The summed E-state index contributed by atoms with van der Waals surface area (Å²) in [6.07, 6.45) is 0.0525. The molecule has 2 fully saturated rings. The largest absolute Gasteiger partial charge is 0.273 e. The van der Waals surface area contributed by atoms with Crippen molar-refractivity contribution in [1.82, 2.24) is 0 Å². The number of hydroxylamine groups is 1. The van der Waals surface area contributed by atoms with E-state index in [-0.39, 0.29) is 11.8 Å². The Kier molecular flexibility index (Phi) is 5.00. The Balaban J connectivity index is 1.57. The van der Waals surface area contributed by atoms with Gasteiger partial charge in [0.25, 0.3) is 5.91 Å². The second kappa shape index (κ2) is 7.84. The molecule has 3 aromatic rings. The zero-order valence-electron chi connectivity index (χ0n) is 16.9. The molecule has 2 heterocycles. The summed E-state index contributed by atoms with van der Waals surface area (Å²) in [7, 11) is 0. The number of nitrogens with zero attached hydrogens (tertiary/aromatic N) is 2. The van der Waals surface area contributed by atoms with E-state index in [1.54, 1.807) is 29.3 Å². The Hall–Kier alpha value is -3.15. The van der Waals surface area contributed by atoms with Crippen molar-refractivity contribution in [3.8, 4) is 0 Å². The highest BCUT2D eigenvalue weighted by Crippen LogP contribution is 2.47. The van der Waals surface area contributed by atoms with Gasteiger partial charge in [0, 0.05) is 5.02 Å². The van der Waals surface area contributed by atoms with Crippen LogP contribution in [0.2, 0.25) is 5.02 Å². The Labute approximate surface area is 185 Å². The maximum Gasteiger partial charge on any atom is 0.266 e. The topological polar surface area (TPSA) is 49.9 Å². The number of hydrogen-bond donors (Lipinski definition) is 0. The Morgan fingerprint density at radius 3 is 2.16 bits per heavy atom. The van der Waals surface area contributed by atoms with Gasteiger partial charge in [-0.2, -0.15) is 0 Å². The van der Waals surface area contributed by atoms with Crippen molar-refractivity contribution in [2.24, 2.45) is 5.92 Å². The van der Waals surface area contributed by atoms with Crippen molar-refractivity contribution < 1.29 is 14.4 Å². The van der Waals surface area contributed by atoms with E-state index in [4.69, 9.17) is 16.4 Å². The minimum atomic E-state index is -0.876. The van der Waals surface area contributed by atoms with Gasteiger partial charge < -0.3 is 0 Å². The van der Waals surface area contributed by atoms with Crippen LogP contribution in [0.25, 0.3) is 0 Å². The summed E-state index contributed by atoms with van der Waals surface area (Å²) in [5.74, 6) is -1.26. The molecule has 0 radical (unpaired) electrons. The van der Waals surface area contributed by atoms with Crippen LogP contribution in [0.1, 0.15) is 24.1 Å². The summed E-state index contributed by atoms with van der Waals surface area (Å²) in [5, 5.41) is 2.26. The number of benzene rings is 3. The fraction of sp³-hybridized carbons (Fsp3) is 0.200. The van der Waals surface area contributed by atoms with E-state index in [2.05, 4.69) is 19.1 Å². The van der Waals surface area contributed by atoms with Crippen LogP contribution < -0.4 is 9.96 Å². The molecule has 0 aliphatic carbocycles. The number of aryl methyl sites for hydroxylation is 1. The van der Waals surface area contributed by atoms with Gasteiger partial charge in [-0.1, -0.05) is 61.0 Å². The van der Waals surface area contributed by atoms with Crippen molar-refractivity contribution in [2.45, 2.75) is 25.5 Å². The van der Waals surface area contributed by atoms with Crippen LogP contribution in [0.15, 0.2) is 78.9 Å². The molecule has 0 bridgehead atoms. The van der Waals surface area contributed by atoms with Crippen LogP contribution in [0.4, 0.5) is 11.4 Å². The molecule has 31 heavy (non-hydrogen) atoms. The molecule has 5 nitrogen and oxygen atoms in total. The van der Waals surface area contributed by atoms with E-state index >= 15 is 0 Å². The summed E-state index contributed by atoms with van der Waals surface area (Å²) in [5.41, 5.74) is 3.46. The normalized spacial score (nSPS) is 22.8. The van der Waals surface area contributed by atoms with Crippen molar-refractivity contribution >= 4 is 34.8 Å². The number of para-hydroxylation sites is 1. The number of carbonyl (C=O) groups excluding carboxylic acids is 2. The first-order valence-electron chi connectivity index (χ1n) is 10.3. The lowest BCUT2D eigenvalue weighted by Crippen LogP contribution is -2.37. The van der Waals surface area contributed by atoms with Gasteiger partial charge >= 0.3 is 0 Å². The highest BCUT2D eigenvalue weighted by Gasteiger charge is 2.60. The standard InChI is InChI=1S/C25H21ClN2O3/c1-2-16-8-10-17(11-9-16)22-21-23(31-28(22)20-6-4-3-5-7-20)25(30)27(24(21)29)19-14-12-18(26)13-15-19/h3-15,21-23H,2H2,1H3/t21-,22+,23-/m1/s1. The molecule has 2 aliphatic rings. The van der Waals surface area contributed by atoms with Crippen LogP contribution in [0, 0.1) is 5.92 Å². The summed E-state index contributed by atoms with van der Waals surface area (Å²) in [6.45, 7) is 2.10. The molecule has 5 rings (SSSR count). The Morgan fingerprint density at radius 2 is 1.52 bits per heavy atom. The number of carbonyl (C=O) groups is 2. The number of amides is 2. The number of imide groups is 1. The zero-order valence-corrected chi connectivity index (χ0v) is 17.7. The number of halogens is 1. The first-order chi connectivity index (χ1) is 15.1. The van der Waals surface area contributed by atoms with Gasteiger partial charge in [0.1, 0.15) is 5.92 Å². The Morgan fingerprint density at radius 1 is 0.839 bits per heavy atom. The molecule has 3 atom stereocenters. The molecular weight excluding hydrogens is 412 g/mol.